The lowest BCUT2D eigenvalue weighted by Crippen LogP contribution is -2.29. The molecule has 0 saturated heterocycles. The zero-order chi connectivity index (χ0) is 19.9. The molecule has 0 radical (unpaired) electrons. The molecule has 0 fully saturated rings. The standard InChI is InChI=1S/C17H24BrN5O3S/c1-4-19-16-10-12(3)22-17(23-16)20-8-9-21-27(24,25)15-11-13(18)6-7-14(15)26-5-2/h6-7,10-11,21H,4-5,8-9H2,1-3H3,(H2,19,20,22,23). The molecule has 0 bridgehead atoms. The smallest absolute Gasteiger partial charge is 0.244 e. The molecule has 0 saturated carbocycles. The molecule has 148 valence electrons. The number of rotatable bonds is 10. The van der Waals surface area contributed by atoms with Gasteiger partial charge in [0.05, 0.1) is 6.61 Å². The lowest BCUT2D eigenvalue weighted by atomic mass is 10.3. The average molecular weight is 458 g/mol. The number of sulfonamides is 1. The topological polar surface area (TPSA) is 105 Å². The van der Waals surface area contributed by atoms with E-state index in [9.17, 15) is 8.42 Å². The summed E-state index contributed by atoms with van der Waals surface area (Å²) >= 11 is 3.30. The molecule has 0 spiro atoms. The van der Waals surface area contributed by atoms with Gasteiger partial charge in [0.2, 0.25) is 16.0 Å². The molecule has 0 unspecified atom stereocenters. The van der Waals surface area contributed by atoms with Crippen molar-refractivity contribution in [1.29, 1.82) is 0 Å². The Kier molecular flexibility index (Phi) is 7.81. The minimum absolute atomic E-state index is 0.0972. The number of hydrogen-bond donors (Lipinski definition) is 3. The van der Waals surface area contributed by atoms with Gasteiger partial charge < -0.3 is 15.4 Å². The highest BCUT2D eigenvalue weighted by Crippen LogP contribution is 2.27. The van der Waals surface area contributed by atoms with E-state index in [-0.39, 0.29) is 11.4 Å². The number of ether oxygens (including phenoxy) is 1. The second-order valence-corrected chi connectivity index (χ2v) is 8.25. The highest BCUT2D eigenvalue weighted by molar-refractivity contribution is 9.10. The van der Waals surface area contributed by atoms with Crippen molar-refractivity contribution in [2.45, 2.75) is 25.7 Å². The van der Waals surface area contributed by atoms with Gasteiger partial charge in [0, 0.05) is 35.9 Å². The fourth-order valence-corrected chi connectivity index (χ4v) is 4.04. The molecule has 0 aliphatic carbocycles. The van der Waals surface area contributed by atoms with Crippen molar-refractivity contribution in [1.82, 2.24) is 14.7 Å². The van der Waals surface area contributed by atoms with Crippen LogP contribution < -0.4 is 20.1 Å². The van der Waals surface area contributed by atoms with E-state index in [1.54, 1.807) is 19.1 Å². The minimum Gasteiger partial charge on any atom is -0.492 e. The first-order valence-electron chi connectivity index (χ1n) is 8.61. The normalized spacial score (nSPS) is 11.3. The lowest BCUT2D eigenvalue weighted by Gasteiger charge is -2.13. The first-order chi connectivity index (χ1) is 12.9. The van der Waals surface area contributed by atoms with Crippen molar-refractivity contribution in [3.8, 4) is 5.75 Å². The molecule has 27 heavy (non-hydrogen) atoms. The predicted molar refractivity (Wildman–Crippen MR) is 110 cm³/mol. The lowest BCUT2D eigenvalue weighted by molar-refractivity contribution is 0.331. The molecule has 8 nitrogen and oxygen atoms in total. The van der Waals surface area contributed by atoms with Crippen molar-refractivity contribution in [2.75, 3.05) is 36.9 Å². The summed E-state index contributed by atoms with van der Waals surface area (Å²) < 4.78 is 33.9. The molecule has 1 heterocycles. The first-order valence-corrected chi connectivity index (χ1v) is 10.9. The van der Waals surface area contributed by atoms with Crippen LogP contribution in [0.2, 0.25) is 0 Å². The van der Waals surface area contributed by atoms with E-state index in [4.69, 9.17) is 4.74 Å². The average Bonchev–Trinajstić information content (AvgIpc) is 2.60. The third kappa shape index (κ3) is 6.33. The molecule has 10 heteroatoms. The van der Waals surface area contributed by atoms with E-state index in [1.165, 1.54) is 6.07 Å². The third-order valence-corrected chi connectivity index (χ3v) is 5.38. The maximum absolute atomic E-state index is 12.6. The summed E-state index contributed by atoms with van der Waals surface area (Å²) in [4.78, 5) is 8.72. The van der Waals surface area contributed by atoms with Gasteiger partial charge in [-0.15, -0.1) is 0 Å². The van der Waals surface area contributed by atoms with Crippen LogP contribution in [0.5, 0.6) is 5.75 Å². The van der Waals surface area contributed by atoms with E-state index < -0.39 is 10.0 Å². The summed E-state index contributed by atoms with van der Waals surface area (Å²) in [5, 5.41) is 6.16. The monoisotopic (exact) mass is 457 g/mol. The molecule has 2 rings (SSSR count). The Labute approximate surface area is 168 Å². The van der Waals surface area contributed by atoms with Crippen molar-refractivity contribution in [3.63, 3.8) is 0 Å². The largest absolute Gasteiger partial charge is 0.492 e. The maximum Gasteiger partial charge on any atom is 0.244 e. The Hall–Kier alpha value is -1.91. The van der Waals surface area contributed by atoms with Crippen LogP contribution in [0.25, 0.3) is 0 Å². The van der Waals surface area contributed by atoms with Crippen LogP contribution >= 0.6 is 15.9 Å². The molecule has 2 aromatic rings. The van der Waals surface area contributed by atoms with Gasteiger partial charge in [-0.05, 0) is 39.0 Å². The summed E-state index contributed by atoms with van der Waals surface area (Å²) in [6, 6.07) is 6.73. The van der Waals surface area contributed by atoms with Crippen molar-refractivity contribution in [2.24, 2.45) is 0 Å². The second-order valence-electron chi connectivity index (χ2n) is 5.60. The van der Waals surface area contributed by atoms with Crippen molar-refractivity contribution < 1.29 is 13.2 Å². The van der Waals surface area contributed by atoms with E-state index in [2.05, 4.69) is 41.3 Å². The highest BCUT2D eigenvalue weighted by atomic mass is 79.9. The first kappa shape index (κ1) is 21.4. The van der Waals surface area contributed by atoms with E-state index >= 15 is 0 Å². The SMILES string of the molecule is CCNc1cc(C)nc(NCCNS(=O)(=O)c2cc(Br)ccc2OCC)n1. The van der Waals surface area contributed by atoms with Gasteiger partial charge in [0.15, 0.2) is 0 Å². The fourth-order valence-electron chi connectivity index (χ4n) is 2.32. The number of halogens is 1. The van der Waals surface area contributed by atoms with Gasteiger partial charge in [0.1, 0.15) is 16.5 Å². The van der Waals surface area contributed by atoms with Crippen LogP contribution in [0.1, 0.15) is 19.5 Å². The molecule has 0 aliphatic rings. The van der Waals surface area contributed by atoms with Crippen molar-refractivity contribution in [3.05, 3.63) is 34.4 Å². The quantitative estimate of drug-likeness (QED) is 0.470. The van der Waals surface area contributed by atoms with Crippen LogP contribution in [0.3, 0.4) is 0 Å². The molecule has 1 aromatic carbocycles. The van der Waals surface area contributed by atoms with Gasteiger partial charge in [-0.2, -0.15) is 4.98 Å². The molecule has 0 amide bonds. The van der Waals surface area contributed by atoms with Crippen LogP contribution in [0.4, 0.5) is 11.8 Å². The second kappa shape index (κ2) is 9.86. The van der Waals surface area contributed by atoms with Gasteiger partial charge in [-0.1, -0.05) is 15.9 Å². The van der Waals surface area contributed by atoms with Crippen molar-refractivity contribution >= 4 is 37.7 Å². The zero-order valence-corrected chi connectivity index (χ0v) is 17.9. The number of aryl methyl sites for hydroxylation is 1. The Bertz CT molecular complexity index is 877. The summed E-state index contributed by atoms with van der Waals surface area (Å²) in [6.45, 7) is 7.31. The van der Waals surface area contributed by atoms with Crippen LogP contribution in [-0.4, -0.2) is 44.6 Å². The number of aromatic nitrogens is 2. The number of benzene rings is 1. The molecule has 1 aromatic heterocycles. The minimum atomic E-state index is -3.71. The maximum atomic E-state index is 12.6. The summed E-state index contributed by atoms with van der Waals surface area (Å²) in [5.41, 5.74) is 0.819. The number of nitrogens with one attached hydrogen (secondary N) is 3. The van der Waals surface area contributed by atoms with Gasteiger partial charge >= 0.3 is 0 Å². The van der Waals surface area contributed by atoms with Crippen LogP contribution in [0, 0.1) is 6.92 Å². The summed E-state index contributed by atoms with van der Waals surface area (Å²) in [7, 11) is -3.71. The molecule has 0 aliphatic heterocycles. The van der Waals surface area contributed by atoms with E-state index in [0.717, 1.165) is 18.1 Å². The summed E-state index contributed by atoms with van der Waals surface area (Å²) in [6.07, 6.45) is 0. The Balaban J connectivity index is 2.00. The molecular weight excluding hydrogens is 434 g/mol. The Morgan fingerprint density at radius 2 is 1.89 bits per heavy atom. The third-order valence-electron chi connectivity index (χ3n) is 3.41. The number of anilines is 2. The van der Waals surface area contributed by atoms with Crippen LogP contribution in [-0.2, 0) is 10.0 Å². The summed E-state index contributed by atoms with van der Waals surface area (Å²) in [5.74, 6) is 1.49. The highest BCUT2D eigenvalue weighted by Gasteiger charge is 2.19. The van der Waals surface area contributed by atoms with Gasteiger partial charge in [-0.25, -0.2) is 18.1 Å². The van der Waals surface area contributed by atoms with Gasteiger partial charge in [0.25, 0.3) is 0 Å². The van der Waals surface area contributed by atoms with Crippen LogP contribution in [0.15, 0.2) is 33.6 Å². The number of nitrogens with zero attached hydrogens (tertiary/aromatic N) is 2. The predicted octanol–water partition coefficient (Wildman–Crippen LogP) is 2.77. The Morgan fingerprint density at radius 3 is 2.59 bits per heavy atom. The fraction of sp³-hybridized carbons (Fsp3) is 0.412. The number of hydrogen-bond acceptors (Lipinski definition) is 7. The zero-order valence-electron chi connectivity index (χ0n) is 15.5. The Morgan fingerprint density at radius 1 is 1.11 bits per heavy atom. The van der Waals surface area contributed by atoms with Gasteiger partial charge in [-0.3, -0.25) is 0 Å². The molecule has 3 N–H and O–H groups in total. The van der Waals surface area contributed by atoms with E-state index in [0.29, 0.717) is 29.3 Å². The molecular formula is C17H24BrN5O3S. The molecule has 0 atom stereocenters. The van der Waals surface area contributed by atoms with E-state index in [1.807, 2.05) is 19.9 Å².